The first kappa shape index (κ1) is 33.4. The minimum Gasteiger partial charge on any atom is -0.481 e. The Balaban J connectivity index is 1.87. The molecule has 2 atom stereocenters. The number of anilines is 1. The van der Waals surface area contributed by atoms with Crippen molar-refractivity contribution < 1.29 is 42.5 Å². The van der Waals surface area contributed by atoms with Crippen LogP contribution in [0.1, 0.15) is 60.6 Å². The van der Waals surface area contributed by atoms with Gasteiger partial charge in [-0.15, -0.1) is 0 Å². The molecule has 11 heteroatoms. The molecule has 4 N–H and O–H groups in total. The van der Waals surface area contributed by atoms with Gasteiger partial charge in [0.05, 0.1) is 35.4 Å². The molecule has 0 aliphatic heterocycles. The summed E-state index contributed by atoms with van der Waals surface area (Å²) >= 11 is 0. The number of hydrogen-bond donors (Lipinski definition) is 4. The average molecular weight is 627 g/mol. The van der Waals surface area contributed by atoms with Crippen molar-refractivity contribution in [2.24, 2.45) is 0 Å². The van der Waals surface area contributed by atoms with E-state index in [0.29, 0.717) is 28.1 Å². The van der Waals surface area contributed by atoms with E-state index < -0.39 is 48.1 Å². The Labute approximate surface area is 257 Å². The molecular weight excluding hydrogens is 592 g/mol. The second-order valence-corrected chi connectivity index (χ2v) is 11.1. The Kier molecular flexibility index (Phi) is 10.5. The first-order valence-corrected chi connectivity index (χ1v) is 14.4. The minimum atomic E-state index is -4.54. The van der Waals surface area contributed by atoms with E-state index in [2.05, 4.69) is 5.32 Å². The number of carbonyl (C=O) groups is 2. The van der Waals surface area contributed by atoms with E-state index in [1.807, 2.05) is 36.6 Å². The highest BCUT2D eigenvalue weighted by molar-refractivity contribution is 6.12. The summed E-state index contributed by atoms with van der Waals surface area (Å²) < 4.78 is 55.3. The van der Waals surface area contributed by atoms with Crippen molar-refractivity contribution in [1.29, 1.82) is 0 Å². The van der Waals surface area contributed by atoms with Crippen molar-refractivity contribution in [3.8, 4) is 22.4 Å². The number of nitrogens with zero attached hydrogens (tertiary/aromatic N) is 1. The third kappa shape index (κ3) is 8.17. The first-order valence-electron chi connectivity index (χ1n) is 14.4. The second kappa shape index (κ2) is 14.1. The van der Waals surface area contributed by atoms with Crippen LogP contribution in [0.4, 0.5) is 23.2 Å². The van der Waals surface area contributed by atoms with E-state index >= 15 is 0 Å². The molecule has 0 fully saturated rings. The van der Waals surface area contributed by atoms with Crippen LogP contribution in [0.3, 0.4) is 0 Å². The highest BCUT2D eigenvalue weighted by Crippen LogP contribution is 2.43. The summed E-state index contributed by atoms with van der Waals surface area (Å²) in [6.07, 6.45) is -7.48. The van der Waals surface area contributed by atoms with Gasteiger partial charge in [0.1, 0.15) is 5.82 Å². The van der Waals surface area contributed by atoms with Crippen molar-refractivity contribution in [2.75, 3.05) is 5.32 Å². The Morgan fingerprint density at radius 2 is 1.49 bits per heavy atom. The van der Waals surface area contributed by atoms with Crippen LogP contribution in [0.5, 0.6) is 0 Å². The first-order chi connectivity index (χ1) is 21.3. The van der Waals surface area contributed by atoms with Gasteiger partial charge in [-0.25, -0.2) is 4.39 Å². The molecule has 3 aromatic carbocycles. The van der Waals surface area contributed by atoms with Crippen LogP contribution in [-0.4, -0.2) is 44.0 Å². The quantitative estimate of drug-likeness (QED) is 0.123. The molecule has 7 nitrogen and oxygen atoms in total. The number of carboxylic acid groups (broad SMARTS) is 1. The van der Waals surface area contributed by atoms with Crippen molar-refractivity contribution >= 4 is 17.6 Å². The van der Waals surface area contributed by atoms with Gasteiger partial charge in [0.15, 0.2) is 0 Å². The van der Waals surface area contributed by atoms with Gasteiger partial charge >= 0.3 is 12.1 Å². The predicted molar refractivity (Wildman–Crippen MR) is 162 cm³/mol. The average Bonchev–Trinajstić information content (AvgIpc) is 3.32. The zero-order chi connectivity index (χ0) is 32.9. The van der Waals surface area contributed by atoms with Crippen LogP contribution in [0, 0.1) is 5.82 Å². The highest BCUT2D eigenvalue weighted by Gasteiger charge is 2.32. The molecule has 0 unspecified atom stereocenters. The number of carbonyl (C=O) groups excluding carboxylic acids is 1. The molecular formula is C34H34F4N2O5. The van der Waals surface area contributed by atoms with E-state index in [9.17, 15) is 37.4 Å². The monoisotopic (exact) mass is 626 g/mol. The normalized spacial score (nSPS) is 13.1. The topological polar surface area (TPSA) is 112 Å². The summed E-state index contributed by atoms with van der Waals surface area (Å²) in [6.45, 7) is 3.89. The summed E-state index contributed by atoms with van der Waals surface area (Å²) in [7, 11) is 0. The molecule has 0 bridgehead atoms. The molecule has 0 radical (unpaired) electrons. The zero-order valence-corrected chi connectivity index (χ0v) is 24.7. The van der Waals surface area contributed by atoms with Gasteiger partial charge < -0.3 is 25.2 Å². The number of amides is 1. The molecule has 0 aliphatic carbocycles. The number of halogens is 4. The predicted octanol–water partition coefficient (Wildman–Crippen LogP) is 7.33. The number of alkyl halides is 3. The van der Waals surface area contributed by atoms with Crippen LogP contribution >= 0.6 is 0 Å². The fourth-order valence-electron chi connectivity index (χ4n) is 5.42. The van der Waals surface area contributed by atoms with E-state index in [1.54, 1.807) is 24.3 Å². The maximum absolute atomic E-state index is 14.1. The lowest BCUT2D eigenvalue weighted by atomic mass is 9.94. The van der Waals surface area contributed by atoms with Gasteiger partial charge in [0.2, 0.25) is 0 Å². The summed E-state index contributed by atoms with van der Waals surface area (Å²) in [5, 5.41) is 32.5. The van der Waals surface area contributed by atoms with Gasteiger partial charge in [-0.05, 0) is 78.4 Å². The smallest absolute Gasteiger partial charge is 0.416 e. The van der Waals surface area contributed by atoms with Crippen LogP contribution in [0.25, 0.3) is 22.4 Å². The number of aliphatic carboxylic acids is 1. The van der Waals surface area contributed by atoms with Gasteiger partial charge in [0.25, 0.3) is 5.91 Å². The highest BCUT2D eigenvalue weighted by atomic mass is 19.4. The third-order valence-corrected chi connectivity index (χ3v) is 7.37. The van der Waals surface area contributed by atoms with E-state index in [-0.39, 0.29) is 36.6 Å². The zero-order valence-electron chi connectivity index (χ0n) is 24.7. The Morgan fingerprint density at radius 1 is 0.867 bits per heavy atom. The molecule has 0 spiro atoms. The SMILES string of the molecule is CC(C)c1c(C(=O)Nc2ccc(C(F)(F)F)cc2)c(-c2ccccc2)c(-c2ccc(F)cc2)n1CC[C@@H](O)C[C@@H](O)CC(=O)O. The molecule has 4 rings (SSSR count). The van der Waals surface area contributed by atoms with Crippen molar-refractivity contribution in [3.63, 3.8) is 0 Å². The summed E-state index contributed by atoms with van der Waals surface area (Å²) in [5.74, 6) is -2.51. The second-order valence-electron chi connectivity index (χ2n) is 11.1. The van der Waals surface area contributed by atoms with Crippen LogP contribution in [-0.2, 0) is 17.5 Å². The fraction of sp³-hybridized carbons (Fsp3) is 0.294. The molecule has 0 saturated carbocycles. The number of benzene rings is 3. The molecule has 45 heavy (non-hydrogen) atoms. The lowest BCUT2D eigenvalue weighted by molar-refractivity contribution is -0.139. The maximum atomic E-state index is 14.1. The van der Waals surface area contributed by atoms with Gasteiger partial charge in [-0.1, -0.05) is 44.2 Å². The molecule has 238 valence electrons. The number of aliphatic hydroxyl groups excluding tert-OH is 2. The van der Waals surface area contributed by atoms with E-state index in [0.717, 1.165) is 12.1 Å². The molecule has 1 heterocycles. The summed E-state index contributed by atoms with van der Waals surface area (Å²) in [4.78, 5) is 25.1. The molecule has 4 aromatic rings. The van der Waals surface area contributed by atoms with E-state index in [1.165, 1.54) is 24.3 Å². The van der Waals surface area contributed by atoms with Crippen molar-refractivity contribution in [2.45, 2.75) is 64.0 Å². The minimum absolute atomic E-state index is 0.0907. The fourth-order valence-corrected chi connectivity index (χ4v) is 5.42. The van der Waals surface area contributed by atoms with Crippen LogP contribution in [0.2, 0.25) is 0 Å². The molecule has 1 amide bonds. The summed E-state index contributed by atoms with van der Waals surface area (Å²) in [5.41, 5.74) is 2.42. The van der Waals surface area contributed by atoms with Crippen molar-refractivity contribution in [1.82, 2.24) is 4.57 Å². The standard InChI is InChI=1S/C34H34F4N2O5/c1-20(2)31-30(33(45)39-25-14-10-23(11-15-25)34(36,37)38)29(21-6-4-3-5-7-21)32(22-8-12-24(35)13-9-22)40(31)17-16-26(41)18-27(42)19-28(43)44/h3-15,20,26-27,41-42H,16-19H2,1-2H3,(H,39,45)(H,43,44)/t26-,27-/m1/s1. The number of rotatable bonds is 12. The molecule has 0 aliphatic rings. The maximum Gasteiger partial charge on any atom is 0.416 e. The number of aliphatic hydroxyl groups is 2. The van der Waals surface area contributed by atoms with Gasteiger partial charge in [-0.2, -0.15) is 13.2 Å². The van der Waals surface area contributed by atoms with Crippen LogP contribution < -0.4 is 5.32 Å². The van der Waals surface area contributed by atoms with Gasteiger partial charge in [0, 0.05) is 23.5 Å². The largest absolute Gasteiger partial charge is 0.481 e. The van der Waals surface area contributed by atoms with E-state index in [4.69, 9.17) is 5.11 Å². The van der Waals surface area contributed by atoms with Crippen LogP contribution in [0.15, 0.2) is 78.9 Å². The van der Waals surface area contributed by atoms with Gasteiger partial charge in [-0.3, -0.25) is 9.59 Å². The Morgan fingerprint density at radius 3 is 2.04 bits per heavy atom. The summed E-state index contributed by atoms with van der Waals surface area (Å²) in [6, 6.07) is 18.8. The Hall–Kier alpha value is -4.48. The number of nitrogens with one attached hydrogen (secondary N) is 1. The lowest BCUT2D eigenvalue weighted by Gasteiger charge is -2.20. The molecule has 0 saturated heterocycles. The van der Waals surface area contributed by atoms with Crippen molar-refractivity contribution in [3.05, 3.63) is 102 Å². The lowest BCUT2D eigenvalue weighted by Crippen LogP contribution is -2.22. The molecule has 1 aromatic heterocycles. The Bertz CT molecular complexity index is 1620. The number of carboxylic acids is 1. The number of hydrogen-bond acceptors (Lipinski definition) is 4. The third-order valence-electron chi connectivity index (χ3n) is 7.37. The number of aromatic nitrogens is 1.